The predicted molar refractivity (Wildman–Crippen MR) is 117 cm³/mol. The van der Waals surface area contributed by atoms with Gasteiger partial charge in [0.05, 0.1) is 0 Å². The molecule has 1 amide bonds. The van der Waals surface area contributed by atoms with Crippen LogP contribution < -0.4 is 10.6 Å². The Balaban J connectivity index is 0.00000182. The molecule has 2 saturated heterocycles. The molecule has 2 N–H and O–H groups in total. The smallest absolute Gasteiger partial charge is 0.223 e. The second-order valence-corrected chi connectivity index (χ2v) is 8.38. The first-order valence-corrected chi connectivity index (χ1v) is 9.80. The third kappa shape index (κ3) is 6.94. The lowest BCUT2D eigenvalue weighted by atomic mass is 9.88. The Morgan fingerprint density at radius 2 is 1.67 bits per heavy atom. The van der Waals surface area contributed by atoms with E-state index in [-0.39, 0.29) is 36.6 Å². The number of rotatable bonds is 6. The van der Waals surface area contributed by atoms with Crippen LogP contribution in [0.15, 0.2) is 24.3 Å². The highest BCUT2D eigenvalue weighted by Crippen LogP contribution is 2.22. The van der Waals surface area contributed by atoms with Crippen molar-refractivity contribution in [2.75, 3.05) is 26.2 Å². The number of likely N-dealkylation sites (tertiary alicyclic amines) is 1. The summed E-state index contributed by atoms with van der Waals surface area (Å²) in [7, 11) is 0. The number of benzene rings is 1. The molecule has 2 fully saturated rings. The maximum Gasteiger partial charge on any atom is 0.223 e. The fraction of sp³-hybridized carbons (Fsp3) is 0.667. The van der Waals surface area contributed by atoms with Crippen LogP contribution >= 0.6 is 24.8 Å². The largest absolute Gasteiger partial charge is 0.352 e. The number of carbonyl (C=O) groups is 1. The third-order valence-corrected chi connectivity index (χ3v) is 5.77. The van der Waals surface area contributed by atoms with Crippen LogP contribution in [0.4, 0.5) is 0 Å². The van der Waals surface area contributed by atoms with E-state index in [0.29, 0.717) is 12.5 Å². The van der Waals surface area contributed by atoms with E-state index in [1.54, 1.807) is 0 Å². The molecule has 27 heavy (non-hydrogen) atoms. The normalized spacial score (nSPS) is 24.1. The molecule has 4 nitrogen and oxygen atoms in total. The van der Waals surface area contributed by atoms with E-state index in [4.69, 9.17) is 0 Å². The lowest BCUT2D eigenvalue weighted by Gasteiger charge is -2.35. The van der Waals surface area contributed by atoms with Gasteiger partial charge in [0.1, 0.15) is 0 Å². The highest BCUT2D eigenvalue weighted by molar-refractivity contribution is 5.85. The van der Waals surface area contributed by atoms with Crippen molar-refractivity contribution >= 4 is 30.7 Å². The van der Waals surface area contributed by atoms with Crippen molar-refractivity contribution < 1.29 is 4.79 Å². The van der Waals surface area contributed by atoms with Gasteiger partial charge in [-0.2, -0.15) is 0 Å². The second-order valence-electron chi connectivity index (χ2n) is 8.38. The highest BCUT2D eigenvalue weighted by atomic mass is 35.5. The molecule has 6 heteroatoms. The number of carbonyl (C=O) groups excluding carboxylic acids is 1. The minimum atomic E-state index is 0. The van der Waals surface area contributed by atoms with Gasteiger partial charge in [-0.05, 0) is 48.4 Å². The zero-order valence-electron chi connectivity index (χ0n) is 16.7. The molecule has 3 rings (SSSR count). The summed E-state index contributed by atoms with van der Waals surface area (Å²) in [5.74, 6) is 2.37. The van der Waals surface area contributed by atoms with Gasteiger partial charge in [-0.25, -0.2) is 0 Å². The van der Waals surface area contributed by atoms with Crippen LogP contribution in [0.3, 0.4) is 0 Å². The third-order valence-electron chi connectivity index (χ3n) is 5.77. The molecule has 2 aliphatic rings. The summed E-state index contributed by atoms with van der Waals surface area (Å²) in [6, 6.07) is 8.74. The maximum absolute atomic E-state index is 12.2. The van der Waals surface area contributed by atoms with Gasteiger partial charge in [0, 0.05) is 32.1 Å². The minimum absolute atomic E-state index is 0. The van der Waals surface area contributed by atoms with Gasteiger partial charge in [-0.3, -0.25) is 9.69 Å². The van der Waals surface area contributed by atoms with Crippen LogP contribution in [0.5, 0.6) is 0 Å². The van der Waals surface area contributed by atoms with Crippen molar-refractivity contribution in [2.45, 2.75) is 40.3 Å². The van der Waals surface area contributed by atoms with E-state index in [2.05, 4.69) is 53.6 Å². The topological polar surface area (TPSA) is 44.4 Å². The number of piperidine rings is 1. The Bertz CT molecular complexity index is 567. The van der Waals surface area contributed by atoms with Crippen molar-refractivity contribution in [3.8, 4) is 0 Å². The summed E-state index contributed by atoms with van der Waals surface area (Å²) in [6.07, 6.45) is 1.35. The zero-order valence-corrected chi connectivity index (χ0v) is 18.4. The molecule has 0 bridgehead atoms. The fourth-order valence-electron chi connectivity index (χ4n) is 4.17. The van der Waals surface area contributed by atoms with E-state index in [1.165, 1.54) is 30.6 Å². The first-order valence-electron chi connectivity index (χ1n) is 9.80. The number of hydrogen-bond donors (Lipinski definition) is 2. The van der Waals surface area contributed by atoms with Crippen molar-refractivity contribution in [2.24, 2.45) is 23.7 Å². The Morgan fingerprint density at radius 1 is 1.11 bits per heavy atom. The fourth-order valence-corrected chi connectivity index (χ4v) is 4.17. The van der Waals surface area contributed by atoms with Gasteiger partial charge in [-0.1, -0.05) is 45.0 Å². The molecule has 2 heterocycles. The standard InChI is InChI=1S/C21H33N3O.2ClH/c1-15-8-16(2)13-24(12-15)14-19-6-4-18(5-7-19)9-23-21(25)17(3)20-10-22-11-20;;/h4-7,15-17,20,22H,8-14H2,1-3H3,(H,23,25);2*1H. The van der Waals surface area contributed by atoms with E-state index >= 15 is 0 Å². The summed E-state index contributed by atoms with van der Waals surface area (Å²) in [6.45, 7) is 12.8. The highest BCUT2D eigenvalue weighted by Gasteiger charge is 2.28. The number of halogens is 2. The monoisotopic (exact) mass is 415 g/mol. The van der Waals surface area contributed by atoms with Crippen molar-refractivity contribution in [3.05, 3.63) is 35.4 Å². The Labute approximate surface area is 176 Å². The van der Waals surface area contributed by atoms with Gasteiger partial charge in [0.25, 0.3) is 0 Å². The van der Waals surface area contributed by atoms with Crippen LogP contribution in [0.2, 0.25) is 0 Å². The molecule has 0 spiro atoms. The number of hydrogen-bond acceptors (Lipinski definition) is 3. The lowest BCUT2D eigenvalue weighted by Crippen LogP contribution is -2.49. The lowest BCUT2D eigenvalue weighted by molar-refractivity contribution is -0.126. The molecule has 154 valence electrons. The van der Waals surface area contributed by atoms with Crippen LogP contribution in [0.1, 0.15) is 38.3 Å². The first-order chi connectivity index (χ1) is 12.0. The molecule has 1 aromatic rings. The van der Waals surface area contributed by atoms with Crippen molar-refractivity contribution in [1.82, 2.24) is 15.5 Å². The number of amides is 1. The summed E-state index contributed by atoms with van der Waals surface area (Å²) in [5, 5.41) is 6.31. The average Bonchev–Trinajstić information content (AvgIpc) is 2.51. The van der Waals surface area contributed by atoms with Crippen LogP contribution in [0.25, 0.3) is 0 Å². The summed E-state index contributed by atoms with van der Waals surface area (Å²) < 4.78 is 0. The van der Waals surface area contributed by atoms with E-state index < -0.39 is 0 Å². The molecule has 1 aromatic carbocycles. The van der Waals surface area contributed by atoms with E-state index in [0.717, 1.165) is 31.5 Å². The zero-order chi connectivity index (χ0) is 17.8. The molecule has 0 radical (unpaired) electrons. The summed E-state index contributed by atoms with van der Waals surface area (Å²) in [4.78, 5) is 14.8. The Morgan fingerprint density at radius 3 is 2.19 bits per heavy atom. The van der Waals surface area contributed by atoms with E-state index in [9.17, 15) is 4.79 Å². The molecular weight excluding hydrogens is 381 g/mol. The SMILES string of the molecule is CC1CC(C)CN(Cc2ccc(CNC(=O)C(C)C3CNC3)cc2)C1.Cl.Cl. The van der Waals surface area contributed by atoms with Crippen LogP contribution in [-0.2, 0) is 17.9 Å². The molecule has 0 aromatic heterocycles. The van der Waals surface area contributed by atoms with Crippen molar-refractivity contribution in [1.29, 1.82) is 0 Å². The van der Waals surface area contributed by atoms with Gasteiger partial charge >= 0.3 is 0 Å². The average molecular weight is 416 g/mol. The molecule has 0 saturated carbocycles. The maximum atomic E-state index is 12.2. The predicted octanol–water partition coefficient (Wildman–Crippen LogP) is 3.48. The summed E-state index contributed by atoms with van der Waals surface area (Å²) >= 11 is 0. The van der Waals surface area contributed by atoms with Crippen LogP contribution in [-0.4, -0.2) is 37.0 Å². The van der Waals surface area contributed by atoms with Crippen molar-refractivity contribution in [3.63, 3.8) is 0 Å². The molecule has 2 aliphatic heterocycles. The molecular formula is C21H35Cl2N3O. The number of nitrogens with zero attached hydrogens (tertiary/aromatic N) is 1. The molecule has 3 unspecified atom stereocenters. The van der Waals surface area contributed by atoms with Gasteiger partial charge < -0.3 is 10.6 Å². The molecule has 3 atom stereocenters. The first kappa shape index (κ1) is 24.2. The van der Waals surface area contributed by atoms with Crippen LogP contribution in [0, 0.1) is 23.7 Å². The molecule has 0 aliphatic carbocycles. The summed E-state index contributed by atoms with van der Waals surface area (Å²) in [5.41, 5.74) is 2.54. The van der Waals surface area contributed by atoms with Gasteiger partial charge in [-0.15, -0.1) is 24.8 Å². The Hall–Kier alpha value is -0.810. The Kier molecular flexibility index (Phi) is 10.1. The van der Waals surface area contributed by atoms with E-state index in [1.807, 2.05) is 6.92 Å². The van der Waals surface area contributed by atoms with Gasteiger partial charge in [0.15, 0.2) is 0 Å². The second kappa shape index (κ2) is 11.3. The quantitative estimate of drug-likeness (QED) is 0.747. The van der Waals surface area contributed by atoms with Gasteiger partial charge in [0.2, 0.25) is 5.91 Å². The number of nitrogens with one attached hydrogen (secondary N) is 2. The minimum Gasteiger partial charge on any atom is -0.352 e.